The SMILES string of the molecule is CC1=CCC(C(C)(C)NCCc2c[nH]c3ccccc23)CC1. The lowest BCUT2D eigenvalue weighted by atomic mass is 9.77. The quantitative estimate of drug-likeness (QED) is 0.760. The molecule has 0 aliphatic heterocycles. The number of para-hydroxylation sites is 1. The monoisotopic (exact) mass is 296 g/mol. The molecule has 1 heterocycles. The van der Waals surface area contributed by atoms with Crippen LogP contribution in [0.5, 0.6) is 0 Å². The maximum atomic E-state index is 3.80. The van der Waals surface area contributed by atoms with Gasteiger partial charge >= 0.3 is 0 Å². The van der Waals surface area contributed by atoms with Crippen LogP contribution in [-0.2, 0) is 6.42 Å². The van der Waals surface area contributed by atoms with E-state index < -0.39 is 0 Å². The summed E-state index contributed by atoms with van der Waals surface area (Å²) in [5.41, 5.74) is 4.43. The first-order chi connectivity index (χ1) is 10.6. The van der Waals surface area contributed by atoms with Crippen LogP contribution in [0, 0.1) is 5.92 Å². The third-order valence-electron chi connectivity index (χ3n) is 5.31. The standard InChI is InChI=1S/C20H28N2/c1-15-8-10-17(11-9-15)20(2,3)22-13-12-16-14-21-19-7-5-4-6-18(16)19/h4-8,14,17,21-22H,9-13H2,1-3H3. The number of hydrogen-bond donors (Lipinski definition) is 2. The molecule has 1 atom stereocenters. The Labute approximate surface area is 134 Å². The molecule has 0 saturated heterocycles. The average molecular weight is 296 g/mol. The molecule has 2 heteroatoms. The highest BCUT2D eigenvalue weighted by molar-refractivity contribution is 5.83. The van der Waals surface area contributed by atoms with Crippen molar-refractivity contribution in [3.8, 4) is 0 Å². The van der Waals surface area contributed by atoms with Gasteiger partial charge in [0.15, 0.2) is 0 Å². The van der Waals surface area contributed by atoms with Crippen LogP contribution in [0.25, 0.3) is 10.9 Å². The molecule has 2 aromatic rings. The fraction of sp³-hybridized carbons (Fsp3) is 0.500. The summed E-state index contributed by atoms with van der Waals surface area (Å²) >= 11 is 0. The fourth-order valence-electron chi connectivity index (χ4n) is 3.62. The van der Waals surface area contributed by atoms with Crippen molar-refractivity contribution < 1.29 is 0 Å². The molecule has 118 valence electrons. The van der Waals surface area contributed by atoms with E-state index in [1.165, 1.54) is 35.7 Å². The molecule has 1 aromatic carbocycles. The van der Waals surface area contributed by atoms with E-state index in [4.69, 9.17) is 0 Å². The summed E-state index contributed by atoms with van der Waals surface area (Å²) in [6.45, 7) is 8.02. The molecule has 2 N–H and O–H groups in total. The largest absolute Gasteiger partial charge is 0.361 e. The van der Waals surface area contributed by atoms with E-state index >= 15 is 0 Å². The normalized spacial score (nSPS) is 19.4. The molecular weight excluding hydrogens is 268 g/mol. The second-order valence-electron chi connectivity index (χ2n) is 7.28. The second kappa shape index (κ2) is 6.29. The summed E-state index contributed by atoms with van der Waals surface area (Å²) in [6.07, 6.45) is 9.46. The Morgan fingerprint density at radius 1 is 1.27 bits per heavy atom. The first kappa shape index (κ1) is 15.4. The number of hydrogen-bond acceptors (Lipinski definition) is 1. The summed E-state index contributed by atoms with van der Waals surface area (Å²) in [4.78, 5) is 3.37. The van der Waals surface area contributed by atoms with Crippen molar-refractivity contribution in [3.05, 3.63) is 47.7 Å². The minimum Gasteiger partial charge on any atom is -0.361 e. The molecule has 22 heavy (non-hydrogen) atoms. The van der Waals surface area contributed by atoms with Gasteiger partial charge in [0.25, 0.3) is 0 Å². The van der Waals surface area contributed by atoms with E-state index in [1.807, 2.05) is 0 Å². The van der Waals surface area contributed by atoms with Gasteiger partial charge in [-0.25, -0.2) is 0 Å². The van der Waals surface area contributed by atoms with Gasteiger partial charge in [0.1, 0.15) is 0 Å². The summed E-state index contributed by atoms with van der Waals surface area (Å²) in [6, 6.07) is 8.56. The zero-order valence-electron chi connectivity index (χ0n) is 14.1. The second-order valence-corrected chi connectivity index (χ2v) is 7.28. The van der Waals surface area contributed by atoms with Gasteiger partial charge in [0, 0.05) is 22.6 Å². The lowest BCUT2D eigenvalue weighted by molar-refractivity contribution is 0.235. The number of aromatic nitrogens is 1. The first-order valence-corrected chi connectivity index (χ1v) is 8.52. The Morgan fingerprint density at radius 2 is 2.09 bits per heavy atom. The van der Waals surface area contributed by atoms with Gasteiger partial charge in [-0.05, 0) is 70.5 Å². The first-order valence-electron chi connectivity index (χ1n) is 8.52. The Kier molecular flexibility index (Phi) is 4.39. The van der Waals surface area contributed by atoms with Gasteiger partial charge in [0.05, 0.1) is 0 Å². The number of benzene rings is 1. The third kappa shape index (κ3) is 3.27. The van der Waals surface area contributed by atoms with E-state index in [9.17, 15) is 0 Å². The molecule has 0 radical (unpaired) electrons. The lowest BCUT2D eigenvalue weighted by Gasteiger charge is -2.37. The van der Waals surface area contributed by atoms with E-state index in [2.05, 4.69) is 67.6 Å². The number of nitrogens with one attached hydrogen (secondary N) is 2. The van der Waals surface area contributed by atoms with Gasteiger partial charge in [-0.2, -0.15) is 0 Å². The molecule has 0 spiro atoms. The molecule has 3 rings (SSSR count). The predicted molar refractivity (Wildman–Crippen MR) is 95.2 cm³/mol. The number of allylic oxidation sites excluding steroid dienone is 2. The summed E-state index contributed by atoms with van der Waals surface area (Å²) in [5, 5.41) is 5.16. The van der Waals surface area contributed by atoms with Gasteiger partial charge in [-0.1, -0.05) is 29.8 Å². The lowest BCUT2D eigenvalue weighted by Crippen LogP contribution is -2.47. The summed E-state index contributed by atoms with van der Waals surface area (Å²) < 4.78 is 0. The van der Waals surface area contributed by atoms with Crippen LogP contribution in [0.4, 0.5) is 0 Å². The Balaban J connectivity index is 1.58. The van der Waals surface area contributed by atoms with Crippen LogP contribution in [0.1, 0.15) is 45.6 Å². The zero-order chi connectivity index (χ0) is 15.6. The van der Waals surface area contributed by atoms with E-state index in [0.29, 0.717) is 0 Å². The molecule has 1 unspecified atom stereocenters. The van der Waals surface area contributed by atoms with Gasteiger partial charge in [-0.15, -0.1) is 0 Å². The maximum absolute atomic E-state index is 3.80. The van der Waals surface area contributed by atoms with Crippen molar-refractivity contribution in [3.63, 3.8) is 0 Å². The van der Waals surface area contributed by atoms with Crippen molar-refractivity contribution >= 4 is 10.9 Å². The number of aromatic amines is 1. The van der Waals surface area contributed by atoms with Gasteiger partial charge in [0.2, 0.25) is 0 Å². The molecule has 0 amide bonds. The average Bonchev–Trinajstić information content (AvgIpc) is 2.91. The third-order valence-corrected chi connectivity index (χ3v) is 5.31. The summed E-state index contributed by atoms with van der Waals surface area (Å²) in [7, 11) is 0. The minimum atomic E-state index is 0.212. The molecule has 2 nitrogen and oxygen atoms in total. The van der Waals surface area contributed by atoms with Crippen molar-refractivity contribution in [2.75, 3.05) is 6.54 Å². The molecule has 0 fully saturated rings. The highest BCUT2D eigenvalue weighted by atomic mass is 15.0. The predicted octanol–water partition coefficient (Wildman–Crippen LogP) is 4.83. The van der Waals surface area contributed by atoms with E-state index in [0.717, 1.165) is 18.9 Å². The van der Waals surface area contributed by atoms with Crippen molar-refractivity contribution in [1.82, 2.24) is 10.3 Å². The highest BCUT2D eigenvalue weighted by Gasteiger charge is 2.29. The van der Waals surface area contributed by atoms with Crippen LogP contribution >= 0.6 is 0 Å². The molecule has 1 aliphatic rings. The molecule has 1 aromatic heterocycles. The smallest absolute Gasteiger partial charge is 0.0456 e. The van der Waals surface area contributed by atoms with Crippen LogP contribution < -0.4 is 5.32 Å². The molecule has 1 aliphatic carbocycles. The van der Waals surface area contributed by atoms with Crippen molar-refractivity contribution in [2.24, 2.45) is 5.92 Å². The van der Waals surface area contributed by atoms with Gasteiger partial charge in [-0.3, -0.25) is 0 Å². The molecular formula is C20H28N2. The number of fused-ring (bicyclic) bond motifs is 1. The zero-order valence-corrected chi connectivity index (χ0v) is 14.1. The topological polar surface area (TPSA) is 27.8 Å². The van der Waals surface area contributed by atoms with Crippen LogP contribution in [0.15, 0.2) is 42.1 Å². The molecule has 0 bridgehead atoms. The number of rotatable bonds is 5. The van der Waals surface area contributed by atoms with E-state index in [1.54, 1.807) is 5.57 Å². The Morgan fingerprint density at radius 3 is 2.86 bits per heavy atom. The van der Waals surface area contributed by atoms with Crippen LogP contribution in [-0.4, -0.2) is 17.1 Å². The van der Waals surface area contributed by atoms with Crippen LogP contribution in [0.2, 0.25) is 0 Å². The Bertz CT molecular complexity index is 663. The summed E-state index contributed by atoms with van der Waals surface area (Å²) in [5.74, 6) is 0.749. The van der Waals surface area contributed by atoms with Crippen molar-refractivity contribution in [2.45, 2.75) is 52.0 Å². The maximum Gasteiger partial charge on any atom is 0.0456 e. The van der Waals surface area contributed by atoms with E-state index in [-0.39, 0.29) is 5.54 Å². The fourth-order valence-corrected chi connectivity index (χ4v) is 3.62. The van der Waals surface area contributed by atoms with Gasteiger partial charge < -0.3 is 10.3 Å². The molecule has 0 saturated carbocycles. The number of H-pyrrole nitrogens is 1. The highest BCUT2D eigenvalue weighted by Crippen LogP contribution is 2.31. The Hall–Kier alpha value is -1.54. The van der Waals surface area contributed by atoms with Crippen LogP contribution in [0.3, 0.4) is 0 Å². The van der Waals surface area contributed by atoms with Crippen molar-refractivity contribution in [1.29, 1.82) is 0 Å². The minimum absolute atomic E-state index is 0.212.